The van der Waals surface area contributed by atoms with E-state index < -0.39 is 0 Å². The summed E-state index contributed by atoms with van der Waals surface area (Å²) in [6.45, 7) is 2.54. The lowest BCUT2D eigenvalue weighted by Crippen LogP contribution is -2.49. The fraction of sp³-hybridized carbons (Fsp3) is 0.308. The molecule has 0 spiro atoms. The molecule has 0 saturated carbocycles. The van der Waals surface area contributed by atoms with Gasteiger partial charge in [-0.25, -0.2) is 4.98 Å². The van der Waals surface area contributed by atoms with Crippen molar-refractivity contribution in [3.63, 3.8) is 0 Å². The van der Waals surface area contributed by atoms with Crippen LogP contribution in [0.15, 0.2) is 30.6 Å². The summed E-state index contributed by atoms with van der Waals surface area (Å²) in [5, 5.41) is 16.1. The summed E-state index contributed by atoms with van der Waals surface area (Å²) >= 11 is 0. The van der Waals surface area contributed by atoms with E-state index in [0.29, 0.717) is 26.2 Å². The van der Waals surface area contributed by atoms with E-state index in [2.05, 4.69) is 20.1 Å². The maximum atomic E-state index is 12.1. The zero-order chi connectivity index (χ0) is 13.9. The molecule has 0 unspecified atom stereocenters. The van der Waals surface area contributed by atoms with E-state index in [1.807, 2.05) is 12.1 Å². The fourth-order valence-corrected chi connectivity index (χ4v) is 2.34. The summed E-state index contributed by atoms with van der Waals surface area (Å²) in [5.41, 5.74) is 0.805. The van der Waals surface area contributed by atoms with Gasteiger partial charge in [0.25, 0.3) is 5.91 Å². The van der Waals surface area contributed by atoms with E-state index in [1.54, 1.807) is 17.0 Å². The summed E-state index contributed by atoms with van der Waals surface area (Å²) < 4.78 is 0. The molecule has 1 fully saturated rings. The van der Waals surface area contributed by atoms with Crippen LogP contribution in [0.1, 0.15) is 10.6 Å². The number of phenols is 1. The summed E-state index contributed by atoms with van der Waals surface area (Å²) in [6, 6.07) is 7.23. The van der Waals surface area contributed by atoms with Crippen LogP contribution in [0.5, 0.6) is 5.75 Å². The van der Waals surface area contributed by atoms with Gasteiger partial charge in [0.15, 0.2) is 0 Å². The number of H-pyrrole nitrogens is 1. The number of hydrogen-bond donors (Lipinski definition) is 2. The van der Waals surface area contributed by atoms with Crippen LogP contribution >= 0.6 is 0 Å². The predicted molar refractivity (Wildman–Crippen MR) is 72.6 cm³/mol. The molecule has 7 heteroatoms. The molecule has 1 amide bonds. The Hall–Kier alpha value is -2.57. The first kappa shape index (κ1) is 12.5. The highest BCUT2D eigenvalue weighted by Crippen LogP contribution is 2.27. The number of piperazine rings is 1. The Labute approximate surface area is 115 Å². The number of carbonyl (C=O) groups excluding carboxylic acids is 1. The maximum absolute atomic E-state index is 12.1. The van der Waals surface area contributed by atoms with Crippen LogP contribution in [0.3, 0.4) is 0 Å². The third-order valence-corrected chi connectivity index (χ3v) is 3.41. The second-order valence-corrected chi connectivity index (χ2v) is 4.60. The van der Waals surface area contributed by atoms with Crippen LogP contribution in [0.2, 0.25) is 0 Å². The van der Waals surface area contributed by atoms with Gasteiger partial charge < -0.3 is 14.9 Å². The maximum Gasteiger partial charge on any atom is 0.291 e. The molecule has 1 aliphatic rings. The average molecular weight is 273 g/mol. The van der Waals surface area contributed by atoms with Crippen molar-refractivity contribution in [3.05, 3.63) is 36.4 Å². The molecule has 1 aromatic heterocycles. The van der Waals surface area contributed by atoms with E-state index in [0.717, 1.165) is 5.69 Å². The highest BCUT2D eigenvalue weighted by molar-refractivity contribution is 5.90. The number of nitrogens with zero attached hydrogens (tertiary/aromatic N) is 4. The number of aromatic amines is 1. The first-order valence-corrected chi connectivity index (χ1v) is 6.43. The van der Waals surface area contributed by atoms with Gasteiger partial charge in [-0.05, 0) is 12.1 Å². The smallest absolute Gasteiger partial charge is 0.291 e. The number of benzene rings is 1. The zero-order valence-corrected chi connectivity index (χ0v) is 10.9. The lowest BCUT2D eigenvalue weighted by molar-refractivity contribution is 0.0735. The van der Waals surface area contributed by atoms with Crippen molar-refractivity contribution in [2.75, 3.05) is 31.1 Å². The third kappa shape index (κ3) is 2.29. The molecule has 2 heterocycles. The van der Waals surface area contributed by atoms with Gasteiger partial charge >= 0.3 is 0 Å². The van der Waals surface area contributed by atoms with Crippen molar-refractivity contribution in [2.45, 2.75) is 0 Å². The second-order valence-electron chi connectivity index (χ2n) is 4.60. The SMILES string of the molecule is O=C(c1ncn[nH]1)N1CCN(c2ccccc2O)CC1. The molecule has 2 N–H and O–H groups in total. The number of aromatic nitrogens is 3. The lowest BCUT2D eigenvalue weighted by Gasteiger charge is -2.35. The van der Waals surface area contributed by atoms with Crippen molar-refractivity contribution >= 4 is 11.6 Å². The van der Waals surface area contributed by atoms with Crippen LogP contribution in [0, 0.1) is 0 Å². The number of aromatic hydroxyl groups is 1. The molecule has 3 rings (SSSR count). The van der Waals surface area contributed by atoms with Crippen molar-refractivity contribution in [2.24, 2.45) is 0 Å². The molecule has 0 aliphatic carbocycles. The number of rotatable bonds is 2. The van der Waals surface area contributed by atoms with Gasteiger partial charge in [-0.2, -0.15) is 5.10 Å². The minimum absolute atomic E-state index is 0.139. The number of nitrogens with one attached hydrogen (secondary N) is 1. The first-order chi connectivity index (χ1) is 9.75. The molecule has 20 heavy (non-hydrogen) atoms. The Bertz CT molecular complexity index is 591. The highest BCUT2D eigenvalue weighted by Gasteiger charge is 2.24. The number of carbonyl (C=O) groups is 1. The number of para-hydroxylation sites is 2. The molecule has 2 aromatic rings. The molecule has 7 nitrogen and oxygen atoms in total. The molecule has 1 saturated heterocycles. The molecular weight excluding hydrogens is 258 g/mol. The predicted octanol–water partition coefficient (Wildman–Crippen LogP) is 0.473. The average Bonchev–Trinajstić information content (AvgIpc) is 3.01. The molecule has 0 bridgehead atoms. The summed E-state index contributed by atoms with van der Waals surface area (Å²) in [5.74, 6) is 0.392. The van der Waals surface area contributed by atoms with Gasteiger partial charge in [-0.15, -0.1) is 0 Å². The van der Waals surface area contributed by atoms with Crippen molar-refractivity contribution in [1.29, 1.82) is 0 Å². The number of anilines is 1. The van der Waals surface area contributed by atoms with Gasteiger partial charge in [0, 0.05) is 26.2 Å². The molecule has 0 radical (unpaired) electrons. The Balaban J connectivity index is 1.65. The summed E-state index contributed by atoms with van der Waals surface area (Å²) in [6.07, 6.45) is 1.32. The first-order valence-electron chi connectivity index (χ1n) is 6.43. The van der Waals surface area contributed by atoms with Crippen molar-refractivity contribution in [1.82, 2.24) is 20.1 Å². The van der Waals surface area contributed by atoms with E-state index in [9.17, 15) is 9.90 Å². The Morgan fingerprint density at radius 2 is 1.95 bits per heavy atom. The van der Waals surface area contributed by atoms with Crippen molar-refractivity contribution < 1.29 is 9.90 Å². The van der Waals surface area contributed by atoms with Crippen LogP contribution in [-0.4, -0.2) is 57.3 Å². The Kier molecular flexibility index (Phi) is 3.24. The fourth-order valence-electron chi connectivity index (χ4n) is 2.34. The van der Waals surface area contributed by atoms with E-state index in [4.69, 9.17) is 0 Å². The number of amides is 1. The minimum atomic E-state index is -0.139. The highest BCUT2D eigenvalue weighted by atomic mass is 16.3. The molecular formula is C13H15N5O2. The zero-order valence-electron chi connectivity index (χ0n) is 10.9. The topological polar surface area (TPSA) is 85.4 Å². The largest absolute Gasteiger partial charge is 0.506 e. The van der Waals surface area contributed by atoms with Gasteiger partial charge in [-0.1, -0.05) is 12.1 Å². The van der Waals surface area contributed by atoms with Crippen LogP contribution in [0.4, 0.5) is 5.69 Å². The van der Waals surface area contributed by atoms with Crippen LogP contribution < -0.4 is 4.90 Å². The van der Waals surface area contributed by atoms with Gasteiger partial charge in [0.1, 0.15) is 12.1 Å². The monoisotopic (exact) mass is 273 g/mol. The van der Waals surface area contributed by atoms with Crippen molar-refractivity contribution in [3.8, 4) is 5.75 Å². The van der Waals surface area contributed by atoms with Gasteiger partial charge in [0.05, 0.1) is 5.69 Å². The normalized spacial score (nSPS) is 15.4. The van der Waals surface area contributed by atoms with Gasteiger partial charge in [0.2, 0.25) is 5.82 Å². The standard InChI is InChI=1S/C13H15N5O2/c19-11-4-2-1-3-10(11)17-5-7-18(8-6-17)13(20)12-14-9-15-16-12/h1-4,9,19H,5-8H2,(H,14,15,16). The number of hydrogen-bond acceptors (Lipinski definition) is 5. The third-order valence-electron chi connectivity index (χ3n) is 3.41. The Morgan fingerprint density at radius 3 is 2.60 bits per heavy atom. The molecule has 104 valence electrons. The molecule has 1 aromatic carbocycles. The van der Waals surface area contributed by atoms with E-state index >= 15 is 0 Å². The molecule has 0 atom stereocenters. The van der Waals surface area contributed by atoms with Crippen LogP contribution in [0.25, 0.3) is 0 Å². The summed E-state index contributed by atoms with van der Waals surface area (Å²) in [7, 11) is 0. The van der Waals surface area contributed by atoms with E-state index in [-0.39, 0.29) is 17.5 Å². The minimum Gasteiger partial charge on any atom is -0.506 e. The van der Waals surface area contributed by atoms with Gasteiger partial charge in [-0.3, -0.25) is 9.89 Å². The second kappa shape index (κ2) is 5.20. The Morgan fingerprint density at radius 1 is 1.20 bits per heavy atom. The number of phenolic OH excluding ortho intramolecular Hbond substituents is 1. The van der Waals surface area contributed by atoms with E-state index in [1.165, 1.54) is 6.33 Å². The van der Waals surface area contributed by atoms with Crippen LogP contribution in [-0.2, 0) is 0 Å². The molecule has 1 aliphatic heterocycles. The quantitative estimate of drug-likeness (QED) is 0.831. The lowest BCUT2D eigenvalue weighted by atomic mass is 10.2. The summed E-state index contributed by atoms with van der Waals surface area (Å²) in [4.78, 5) is 19.8.